The van der Waals surface area contributed by atoms with Crippen LogP contribution in [0, 0.1) is 18.8 Å². The number of aromatic nitrogens is 1. The molecule has 0 saturated heterocycles. The van der Waals surface area contributed by atoms with Crippen molar-refractivity contribution in [3.8, 4) is 11.3 Å². The van der Waals surface area contributed by atoms with Crippen molar-refractivity contribution in [2.24, 2.45) is 18.9 Å². The Morgan fingerprint density at radius 1 is 0.923 bits per heavy atom. The molecule has 0 aliphatic rings. The molecular formula is C24H38GeN+. The number of hydrogen-bond donors (Lipinski definition) is 0. The molecule has 0 atom stereocenters. The van der Waals surface area contributed by atoms with Gasteiger partial charge in [0.25, 0.3) is 0 Å². The van der Waals surface area contributed by atoms with E-state index in [1.807, 2.05) is 0 Å². The molecule has 26 heavy (non-hydrogen) atoms. The van der Waals surface area contributed by atoms with E-state index in [4.69, 9.17) is 0 Å². The number of aryl methyl sites for hydroxylation is 2. The molecule has 2 rings (SSSR count). The molecule has 0 radical (unpaired) electrons. The summed E-state index contributed by atoms with van der Waals surface area (Å²) in [6.07, 6.45) is 4.74. The van der Waals surface area contributed by atoms with E-state index in [-0.39, 0.29) is 0 Å². The maximum atomic E-state index is 2.52. The molecule has 0 saturated carbocycles. The summed E-state index contributed by atoms with van der Waals surface area (Å²) < 4.78 is 4.01. The fraction of sp³-hybridized carbons (Fsp3) is 0.542. The molecule has 1 nitrogen and oxygen atoms in total. The summed E-state index contributed by atoms with van der Waals surface area (Å²) in [7, 11) is 2.21. The van der Waals surface area contributed by atoms with Crippen molar-refractivity contribution in [1.82, 2.24) is 0 Å². The third-order valence-electron chi connectivity index (χ3n) is 5.00. The summed E-state index contributed by atoms with van der Waals surface area (Å²) in [6.45, 7) is 11.5. The van der Waals surface area contributed by atoms with E-state index in [1.54, 1.807) is 9.96 Å². The minimum absolute atomic E-state index is 0.696. The zero-order valence-corrected chi connectivity index (χ0v) is 20.5. The van der Waals surface area contributed by atoms with E-state index < -0.39 is 13.3 Å². The van der Waals surface area contributed by atoms with E-state index in [1.165, 1.54) is 28.8 Å². The second kappa shape index (κ2) is 8.29. The van der Waals surface area contributed by atoms with Crippen molar-refractivity contribution in [1.29, 1.82) is 0 Å². The first-order chi connectivity index (χ1) is 12.0. The molecule has 0 N–H and O–H groups in total. The average molecular weight is 413 g/mol. The third-order valence-corrected chi connectivity index (χ3v) is 9.37. The molecule has 142 valence electrons. The third kappa shape index (κ3) is 5.22. The molecule has 0 aliphatic heterocycles. The van der Waals surface area contributed by atoms with E-state index in [9.17, 15) is 0 Å². The van der Waals surface area contributed by atoms with Crippen molar-refractivity contribution in [3.63, 3.8) is 0 Å². The van der Waals surface area contributed by atoms with Crippen LogP contribution in [0.4, 0.5) is 0 Å². The van der Waals surface area contributed by atoms with Gasteiger partial charge in [-0.05, 0) is 0 Å². The van der Waals surface area contributed by atoms with Gasteiger partial charge in [-0.2, -0.15) is 0 Å². The van der Waals surface area contributed by atoms with E-state index in [0.29, 0.717) is 11.8 Å². The standard InChI is InChI=1S/C24H38GeN/c1-17(2)12-20-10-11-22(19(5)14-20)24-15-23(25(6,7)8)21(13-18(3)4)16-26(24)9/h10-11,14-18H,12-13H2,1-9H3/q+1. The average Bonchev–Trinajstić information content (AvgIpc) is 2.45. The second-order valence-electron chi connectivity index (χ2n) is 9.80. The van der Waals surface area contributed by atoms with Gasteiger partial charge in [0.15, 0.2) is 0 Å². The fourth-order valence-electron chi connectivity index (χ4n) is 3.88. The Balaban J connectivity index is 2.56. The van der Waals surface area contributed by atoms with Crippen LogP contribution in [0.15, 0.2) is 30.5 Å². The van der Waals surface area contributed by atoms with Gasteiger partial charge >= 0.3 is 164 Å². The number of nitrogens with zero attached hydrogens (tertiary/aromatic N) is 1. The van der Waals surface area contributed by atoms with E-state index in [0.717, 1.165) is 6.42 Å². The zero-order valence-electron chi connectivity index (χ0n) is 18.4. The van der Waals surface area contributed by atoms with Gasteiger partial charge in [0.1, 0.15) is 0 Å². The van der Waals surface area contributed by atoms with Crippen LogP contribution in [0.2, 0.25) is 17.3 Å². The van der Waals surface area contributed by atoms with Crippen molar-refractivity contribution < 1.29 is 4.57 Å². The maximum absolute atomic E-state index is 2.52. The Morgan fingerprint density at radius 3 is 2.04 bits per heavy atom. The molecule has 1 aromatic heterocycles. The number of benzene rings is 1. The summed E-state index contributed by atoms with van der Waals surface area (Å²) in [5, 5.41) is 0. The van der Waals surface area contributed by atoms with E-state index >= 15 is 0 Å². The van der Waals surface area contributed by atoms with Gasteiger partial charge < -0.3 is 0 Å². The second-order valence-corrected chi connectivity index (χ2v) is 20.4. The van der Waals surface area contributed by atoms with Crippen molar-refractivity contribution >= 4 is 17.7 Å². The predicted octanol–water partition coefficient (Wildman–Crippen LogP) is 5.43. The Bertz CT molecular complexity index is 767. The normalized spacial score (nSPS) is 12.3. The van der Waals surface area contributed by atoms with E-state index in [2.05, 4.69) is 94.0 Å². The quantitative estimate of drug-likeness (QED) is 0.440. The summed E-state index contributed by atoms with van der Waals surface area (Å²) in [5.41, 5.74) is 7.15. The van der Waals surface area contributed by atoms with Crippen LogP contribution in [-0.2, 0) is 19.9 Å². The number of pyridine rings is 1. The Hall–Kier alpha value is -1.09. The van der Waals surface area contributed by atoms with Crippen LogP contribution in [0.3, 0.4) is 0 Å². The Labute approximate surface area is 164 Å². The molecule has 1 heterocycles. The van der Waals surface area contributed by atoms with Crippen molar-refractivity contribution in [3.05, 3.63) is 47.2 Å². The van der Waals surface area contributed by atoms with Gasteiger partial charge in [-0.25, -0.2) is 0 Å². The Morgan fingerprint density at radius 2 is 1.54 bits per heavy atom. The first kappa shape index (κ1) is 21.2. The molecule has 1 aromatic carbocycles. The predicted molar refractivity (Wildman–Crippen MR) is 118 cm³/mol. The van der Waals surface area contributed by atoms with Crippen molar-refractivity contribution in [2.45, 2.75) is 64.7 Å². The van der Waals surface area contributed by atoms with Gasteiger partial charge in [0.05, 0.1) is 0 Å². The molecule has 2 heteroatoms. The molecule has 0 unspecified atom stereocenters. The van der Waals surface area contributed by atoms with Crippen LogP contribution < -0.4 is 8.96 Å². The minimum atomic E-state index is -1.94. The van der Waals surface area contributed by atoms with Gasteiger partial charge in [-0.15, -0.1) is 0 Å². The number of hydrogen-bond acceptors (Lipinski definition) is 0. The monoisotopic (exact) mass is 414 g/mol. The number of rotatable bonds is 6. The van der Waals surface area contributed by atoms with Crippen LogP contribution in [-0.4, -0.2) is 13.3 Å². The SMILES string of the molecule is Cc1cc(CC(C)C)ccc1-c1c[c]([Ge]([CH3])([CH3])[CH3])c(CC(C)C)c[n+]1C. The van der Waals surface area contributed by atoms with Crippen LogP contribution in [0.25, 0.3) is 11.3 Å². The van der Waals surface area contributed by atoms with Gasteiger partial charge in [-0.3, -0.25) is 0 Å². The Kier molecular flexibility index (Phi) is 6.77. The molecule has 0 fully saturated rings. The van der Waals surface area contributed by atoms with Crippen LogP contribution in [0.5, 0.6) is 0 Å². The zero-order chi connectivity index (χ0) is 19.6. The van der Waals surface area contributed by atoms with Crippen LogP contribution in [0.1, 0.15) is 44.4 Å². The first-order valence-electron chi connectivity index (χ1n) is 10.1. The van der Waals surface area contributed by atoms with Crippen molar-refractivity contribution in [2.75, 3.05) is 0 Å². The molecule has 0 amide bonds. The summed E-state index contributed by atoms with van der Waals surface area (Å²) in [5.74, 6) is 8.94. The molecule has 0 aliphatic carbocycles. The van der Waals surface area contributed by atoms with Gasteiger partial charge in [-0.1, -0.05) is 0 Å². The molecular weight excluding hydrogens is 375 g/mol. The summed E-state index contributed by atoms with van der Waals surface area (Å²) in [6, 6.07) is 9.56. The molecule has 0 bridgehead atoms. The first-order valence-corrected chi connectivity index (χ1v) is 17.5. The summed E-state index contributed by atoms with van der Waals surface area (Å²) in [4.78, 5) is 0. The van der Waals surface area contributed by atoms with Gasteiger partial charge in [0, 0.05) is 0 Å². The van der Waals surface area contributed by atoms with Gasteiger partial charge in [0.2, 0.25) is 0 Å². The molecule has 2 aromatic rings. The summed E-state index contributed by atoms with van der Waals surface area (Å²) >= 11 is -1.94. The van der Waals surface area contributed by atoms with Crippen LogP contribution >= 0.6 is 0 Å². The molecule has 0 spiro atoms. The topological polar surface area (TPSA) is 3.88 Å². The fourth-order valence-corrected chi connectivity index (χ4v) is 7.45.